The lowest BCUT2D eigenvalue weighted by atomic mass is 9.89. The van der Waals surface area contributed by atoms with Gasteiger partial charge in [-0.3, -0.25) is 9.78 Å². The summed E-state index contributed by atoms with van der Waals surface area (Å²) in [6.07, 6.45) is 16.8. The average Bonchev–Trinajstić information content (AvgIpc) is 3.17. The maximum absolute atomic E-state index is 13.3. The van der Waals surface area contributed by atoms with Gasteiger partial charge in [0.15, 0.2) is 11.3 Å². The molecule has 0 atom stereocenters. The van der Waals surface area contributed by atoms with Gasteiger partial charge in [0.25, 0.3) is 5.91 Å². The predicted molar refractivity (Wildman–Crippen MR) is 98.5 cm³/mol. The van der Waals surface area contributed by atoms with Crippen molar-refractivity contribution in [3.63, 3.8) is 0 Å². The third-order valence-corrected chi connectivity index (χ3v) is 5.13. The summed E-state index contributed by atoms with van der Waals surface area (Å²) in [4.78, 5) is 28.0. The van der Waals surface area contributed by atoms with Crippen molar-refractivity contribution in [3.05, 3.63) is 60.6 Å². The molecule has 1 aliphatic carbocycles. The second-order valence-electron chi connectivity index (χ2n) is 6.98. The van der Waals surface area contributed by atoms with E-state index in [1.807, 2.05) is 33.8 Å². The van der Waals surface area contributed by atoms with Gasteiger partial charge >= 0.3 is 0 Å². The third-order valence-electron chi connectivity index (χ3n) is 5.13. The van der Waals surface area contributed by atoms with E-state index in [4.69, 9.17) is 0 Å². The summed E-state index contributed by atoms with van der Waals surface area (Å²) in [7, 11) is 0. The largest absolute Gasteiger partial charge is 0.333 e. The number of carbonyl (C=O) groups is 1. The predicted octanol–water partition coefficient (Wildman–Crippen LogP) is 3.35. The number of aromatic nitrogens is 4. The number of carbonyl (C=O) groups excluding carboxylic acids is 1. The Morgan fingerprint density at radius 2 is 1.77 bits per heavy atom. The SMILES string of the molecule is O=C(c1nccn2ccnc12)N(Cc1ccncc1)CC1CCCCC1. The Bertz CT molecular complexity index is 870. The first kappa shape index (κ1) is 16.7. The Hall–Kier alpha value is -2.76. The van der Waals surface area contributed by atoms with E-state index < -0.39 is 0 Å². The number of nitrogens with zero attached hydrogens (tertiary/aromatic N) is 5. The Morgan fingerprint density at radius 1 is 1.04 bits per heavy atom. The minimum Gasteiger partial charge on any atom is -0.333 e. The average molecular weight is 349 g/mol. The summed E-state index contributed by atoms with van der Waals surface area (Å²) in [5, 5.41) is 0. The summed E-state index contributed by atoms with van der Waals surface area (Å²) >= 11 is 0. The van der Waals surface area contributed by atoms with Crippen molar-refractivity contribution >= 4 is 11.6 Å². The Balaban J connectivity index is 1.62. The lowest BCUT2D eigenvalue weighted by Crippen LogP contribution is -2.36. The molecule has 0 spiro atoms. The molecule has 134 valence electrons. The molecule has 1 saturated carbocycles. The van der Waals surface area contributed by atoms with Crippen molar-refractivity contribution in [2.45, 2.75) is 38.6 Å². The number of fused-ring (bicyclic) bond motifs is 1. The number of rotatable bonds is 5. The van der Waals surface area contributed by atoms with E-state index >= 15 is 0 Å². The fraction of sp³-hybridized carbons (Fsp3) is 0.400. The van der Waals surface area contributed by atoms with Crippen LogP contribution in [0.3, 0.4) is 0 Å². The lowest BCUT2D eigenvalue weighted by molar-refractivity contribution is 0.0694. The lowest BCUT2D eigenvalue weighted by Gasteiger charge is -2.29. The van der Waals surface area contributed by atoms with Gasteiger partial charge in [0.05, 0.1) is 0 Å². The van der Waals surface area contributed by atoms with Gasteiger partial charge < -0.3 is 9.30 Å². The normalized spacial score (nSPS) is 15.2. The van der Waals surface area contributed by atoms with Gasteiger partial charge in [-0.05, 0) is 36.5 Å². The van der Waals surface area contributed by atoms with Crippen LogP contribution in [0.25, 0.3) is 5.65 Å². The maximum Gasteiger partial charge on any atom is 0.276 e. The van der Waals surface area contributed by atoms with Crippen LogP contribution in [0.1, 0.15) is 48.2 Å². The van der Waals surface area contributed by atoms with Crippen LogP contribution >= 0.6 is 0 Å². The van der Waals surface area contributed by atoms with Crippen molar-refractivity contribution < 1.29 is 4.79 Å². The number of pyridine rings is 1. The Kier molecular flexibility index (Phi) is 4.91. The standard InChI is InChI=1S/C20H23N5O/c26-20(18-19-23-11-13-24(19)12-10-22-18)25(14-16-4-2-1-3-5-16)15-17-6-8-21-9-7-17/h6-13,16H,1-5,14-15H2. The number of hydrogen-bond acceptors (Lipinski definition) is 4. The molecule has 1 fully saturated rings. The van der Waals surface area contributed by atoms with E-state index in [-0.39, 0.29) is 5.91 Å². The van der Waals surface area contributed by atoms with E-state index in [1.165, 1.54) is 32.1 Å². The summed E-state index contributed by atoms with van der Waals surface area (Å²) in [5.74, 6) is 0.512. The van der Waals surface area contributed by atoms with Gasteiger partial charge in [0, 0.05) is 50.3 Å². The third kappa shape index (κ3) is 3.59. The van der Waals surface area contributed by atoms with Gasteiger partial charge in [0.1, 0.15) is 0 Å². The molecule has 6 nitrogen and oxygen atoms in total. The van der Waals surface area contributed by atoms with Crippen LogP contribution in [0.15, 0.2) is 49.3 Å². The molecule has 3 heterocycles. The van der Waals surface area contributed by atoms with Crippen molar-refractivity contribution in [2.24, 2.45) is 5.92 Å². The fourth-order valence-electron chi connectivity index (χ4n) is 3.76. The molecular formula is C20H23N5O. The fourth-order valence-corrected chi connectivity index (χ4v) is 3.76. The molecule has 3 aromatic rings. The van der Waals surface area contributed by atoms with Crippen molar-refractivity contribution in [2.75, 3.05) is 6.54 Å². The molecule has 1 aliphatic rings. The Morgan fingerprint density at radius 3 is 2.54 bits per heavy atom. The molecule has 26 heavy (non-hydrogen) atoms. The van der Waals surface area contributed by atoms with Crippen molar-refractivity contribution in [3.8, 4) is 0 Å². The first-order valence-corrected chi connectivity index (χ1v) is 9.27. The van der Waals surface area contributed by atoms with Crippen LogP contribution in [0.2, 0.25) is 0 Å². The Labute approximate surface area is 152 Å². The van der Waals surface area contributed by atoms with E-state index in [0.717, 1.165) is 12.1 Å². The maximum atomic E-state index is 13.3. The second kappa shape index (κ2) is 7.64. The van der Waals surface area contributed by atoms with Gasteiger partial charge in [0.2, 0.25) is 0 Å². The van der Waals surface area contributed by atoms with E-state index in [1.54, 1.807) is 24.8 Å². The quantitative estimate of drug-likeness (QED) is 0.709. The summed E-state index contributed by atoms with van der Waals surface area (Å²) in [6, 6.07) is 3.93. The van der Waals surface area contributed by atoms with Crippen molar-refractivity contribution in [1.82, 2.24) is 24.3 Å². The van der Waals surface area contributed by atoms with Crippen LogP contribution in [-0.4, -0.2) is 36.7 Å². The zero-order chi connectivity index (χ0) is 17.8. The molecule has 3 aromatic heterocycles. The molecule has 0 aromatic carbocycles. The first-order valence-electron chi connectivity index (χ1n) is 9.27. The van der Waals surface area contributed by atoms with E-state index in [0.29, 0.717) is 23.8 Å². The van der Waals surface area contributed by atoms with Crippen LogP contribution in [0, 0.1) is 5.92 Å². The molecule has 0 unspecified atom stereocenters. The first-order chi connectivity index (χ1) is 12.8. The molecule has 0 N–H and O–H groups in total. The molecule has 0 aliphatic heterocycles. The van der Waals surface area contributed by atoms with E-state index in [2.05, 4.69) is 15.0 Å². The zero-order valence-electron chi connectivity index (χ0n) is 14.8. The summed E-state index contributed by atoms with van der Waals surface area (Å²) < 4.78 is 1.84. The van der Waals surface area contributed by atoms with Gasteiger partial charge in [-0.15, -0.1) is 0 Å². The van der Waals surface area contributed by atoms with Crippen LogP contribution in [-0.2, 0) is 6.54 Å². The van der Waals surface area contributed by atoms with Gasteiger partial charge in [-0.25, -0.2) is 9.97 Å². The molecule has 4 rings (SSSR count). The zero-order valence-corrected chi connectivity index (χ0v) is 14.8. The number of amides is 1. The highest BCUT2D eigenvalue weighted by molar-refractivity contribution is 5.97. The molecular weight excluding hydrogens is 326 g/mol. The molecule has 6 heteroatoms. The van der Waals surface area contributed by atoms with Crippen LogP contribution in [0.4, 0.5) is 0 Å². The molecule has 0 radical (unpaired) electrons. The highest BCUT2D eigenvalue weighted by atomic mass is 16.2. The van der Waals surface area contributed by atoms with Crippen LogP contribution < -0.4 is 0 Å². The van der Waals surface area contributed by atoms with Gasteiger partial charge in [-0.1, -0.05) is 19.3 Å². The van der Waals surface area contributed by atoms with Crippen molar-refractivity contribution in [1.29, 1.82) is 0 Å². The minimum absolute atomic E-state index is 0.0517. The second-order valence-corrected chi connectivity index (χ2v) is 6.98. The summed E-state index contributed by atoms with van der Waals surface area (Å²) in [6.45, 7) is 1.34. The van der Waals surface area contributed by atoms with Crippen LogP contribution in [0.5, 0.6) is 0 Å². The smallest absolute Gasteiger partial charge is 0.276 e. The number of hydrogen-bond donors (Lipinski definition) is 0. The highest BCUT2D eigenvalue weighted by Crippen LogP contribution is 2.25. The minimum atomic E-state index is -0.0517. The monoisotopic (exact) mass is 349 g/mol. The molecule has 0 saturated heterocycles. The highest BCUT2D eigenvalue weighted by Gasteiger charge is 2.25. The van der Waals surface area contributed by atoms with Gasteiger partial charge in [-0.2, -0.15) is 0 Å². The number of imidazole rings is 1. The van der Waals surface area contributed by atoms with E-state index in [9.17, 15) is 4.79 Å². The summed E-state index contributed by atoms with van der Waals surface area (Å²) in [5.41, 5.74) is 2.11. The topological polar surface area (TPSA) is 63.4 Å². The molecule has 0 bridgehead atoms. The molecule has 1 amide bonds.